The first kappa shape index (κ1) is 14.3. The highest BCUT2D eigenvalue weighted by atomic mass is 16.4. The van der Waals surface area contributed by atoms with Crippen LogP contribution in [0.4, 0.5) is 5.69 Å². The first-order valence-corrected chi connectivity index (χ1v) is 6.57. The Morgan fingerprint density at radius 1 is 1.25 bits per heavy atom. The number of benzene rings is 1. The fourth-order valence-corrected chi connectivity index (χ4v) is 2.03. The van der Waals surface area contributed by atoms with Crippen LogP contribution in [0.15, 0.2) is 41.5 Å². The molecule has 1 fully saturated rings. The predicted molar refractivity (Wildman–Crippen MR) is 76.6 cm³/mol. The molecule has 1 heterocycles. The van der Waals surface area contributed by atoms with Crippen LogP contribution in [0.3, 0.4) is 0 Å². The summed E-state index contributed by atoms with van der Waals surface area (Å²) in [5.41, 5.74) is 2.52. The van der Waals surface area contributed by atoms with E-state index in [0.717, 1.165) is 24.4 Å². The molecule has 1 aliphatic heterocycles. The number of aliphatic carboxylic acids is 1. The molecule has 0 aromatic heterocycles. The van der Waals surface area contributed by atoms with Gasteiger partial charge in [-0.3, -0.25) is 9.59 Å². The van der Waals surface area contributed by atoms with Crippen molar-refractivity contribution in [3.8, 4) is 0 Å². The van der Waals surface area contributed by atoms with Gasteiger partial charge in [-0.05, 0) is 24.6 Å². The molecule has 0 spiro atoms. The van der Waals surface area contributed by atoms with E-state index in [1.165, 1.54) is 4.90 Å². The number of hydrogen-bond acceptors (Lipinski definition) is 3. The summed E-state index contributed by atoms with van der Waals surface area (Å²) in [4.78, 5) is 24.8. The monoisotopic (exact) mass is 274 g/mol. The Hall–Kier alpha value is -2.14. The second kappa shape index (κ2) is 6.34. The molecule has 5 heteroatoms. The Balaban J connectivity index is 2.22. The van der Waals surface area contributed by atoms with Gasteiger partial charge in [-0.15, -0.1) is 0 Å². The van der Waals surface area contributed by atoms with E-state index in [-0.39, 0.29) is 18.9 Å². The Bertz CT molecular complexity index is 531. The van der Waals surface area contributed by atoms with E-state index in [0.29, 0.717) is 5.57 Å². The summed E-state index contributed by atoms with van der Waals surface area (Å²) < 4.78 is 0. The van der Waals surface area contributed by atoms with E-state index in [1.807, 2.05) is 30.3 Å². The lowest BCUT2D eigenvalue weighted by molar-refractivity contribution is -0.136. The number of nitrogens with zero attached hydrogens (tertiary/aromatic N) is 1. The van der Waals surface area contributed by atoms with Crippen molar-refractivity contribution < 1.29 is 14.7 Å². The van der Waals surface area contributed by atoms with Crippen molar-refractivity contribution in [3.05, 3.63) is 41.5 Å². The molecule has 1 saturated heterocycles. The van der Waals surface area contributed by atoms with Crippen LogP contribution in [0, 0.1) is 0 Å². The number of amides is 1. The summed E-state index contributed by atoms with van der Waals surface area (Å²) in [6, 6.07) is 9.17. The summed E-state index contributed by atoms with van der Waals surface area (Å²) >= 11 is 0. The molecule has 0 saturated carbocycles. The number of carboxylic acid groups (broad SMARTS) is 1. The molecule has 5 nitrogen and oxygen atoms in total. The summed E-state index contributed by atoms with van der Waals surface area (Å²) in [5, 5.41) is 11.9. The van der Waals surface area contributed by atoms with Crippen molar-refractivity contribution in [2.75, 3.05) is 24.5 Å². The number of hydrogen-bond donors (Lipinski definition) is 2. The van der Waals surface area contributed by atoms with Crippen LogP contribution in [-0.4, -0.2) is 36.6 Å². The molecule has 0 radical (unpaired) electrons. The van der Waals surface area contributed by atoms with Crippen LogP contribution < -0.4 is 10.2 Å². The zero-order chi connectivity index (χ0) is 14.5. The van der Waals surface area contributed by atoms with Crippen LogP contribution in [0.2, 0.25) is 0 Å². The highest BCUT2D eigenvalue weighted by Crippen LogP contribution is 2.19. The van der Waals surface area contributed by atoms with Crippen LogP contribution in [-0.2, 0) is 9.59 Å². The van der Waals surface area contributed by atoms with E-state index in [4.69, 9.17) is 5.11 Å². The molecule has 106 valence electrons. The topological polar surface area (TPSA) is 69.6 Å². The van der Waals surface area contributed by atoms with E-state index in [9.17, 15) is 9.59 Å². The molecule has 1 aromatic carbocycles. The maximum atomic E-state index is 12.5. The smallest absolute Gasteiger partial charge is 0.305 e. The lowest BCUT2D eigenvalue weighted by Crippen LogP contribution is -2.40. The summed E-state index contributed by atoms with van der Waals surface area (Å²) in [6.07, 6.45) is -0.0680. The summed E-state index contributed by atoms with van der Waals surface area (Å²) in [7, 11) is 0. The van der Waals surface area contributed by atoms with Crippen LogP contribution >= 0.6 is 0 Å². The Labute approximate surface area is 117 Å². The number of para-hydroxylation sites is 1. The Kier molecular flexibility index (Phi) is 4.53. The lowest BCUT2D eigenvalue weighted by Gasteiger charge is -2.27. The van der Waals surface area contributed by atoms with Gasteiger partial charge in [0.05, 0.1) is 6.42 Å². The largest absolute Gasteiger partial charge is 0.481 e. The quantitative estimate of drug-likeness (QED) is 0.797. The third-order valence-electron chi connectivity index (χ3n) is 3.39. The van der Waals surface area contributed by atoms with Gasteiger partial charge in [-0.1, -0.05) is 18.2 Å². The fourth-order valence-electron chi connectivity index (χ4n) is 2.03. The van der Waals surface area contributed by atoms with Crippen molar-refractivity contribution in [1.82, 2.24) is 5.32 Å². The maximum absolute atomic E-state index is 12.5. The molecular formula is C15H18N2O3. The van der Waals surface area contributed by atoms with Gasteiger partial charge < -0.3 is 15.3 Å². The number of carbonyl (C=O) groups excluding carboxylic acids is 1. The SMILES string of the molecule is CC(C(=O)N(CCC(=O)O)c1ccccc1)=C1CNC1. The Morgan fingerprint density at radius 2 is 1.90 bits per heavy atom. The van der Waals surface area contributed by atoms with Gasteiger partial charge in [0.15, 0.2) is 0 Å². The third-order valence-corrected chi connectivity index (χ3v) is 3.39. The van der Waals surface area contributed by atoms with Crippen molar-refractivity contribution in [1.29, 1.82) is 0 Å². The zero-order valence-corrected chi connectivity index (χ0v) is 11.4. The molecule has 0 unspecified atom stereocenters. The lowest BCUT2D eigenvalue weighted by atomic mass is 10.0. The second-order valence-electron chi connectivity index (χ2n) is 4.77. The predicted octanol–water partition coefficient (Wildman–Crippen LogP) is 1.41. The molecule has 1 amide bonds. The number of anilines is 1. The van der Waals surface area contributed by atoms with Crippen LogP contribution in [0.1, 0.15) is 13.3 Å². The highest BCUT2D eigenvalue weighted by Gasteiger charge is 2.22. The van der Waals surface area contributed by atoms with E-state index in [2.05, 4.69) is 5.32 Å². The number of carboxylic acids is 1. The standard InChI is InChI=1S/C15H18N2O3/c1-11(12-9-16-10-12)15(20)17(8-7-14(18)19)13-5-3-2-4-6-13/h2-6,16H,7-10H2,1H3,(H,18,19). The molecule has 0 aliphatic carbocycles. The number of rotatable bonds is 5. The molecular weight excluding hydrogens is 256 g/mol. The van der Waals surface area contributed by atoms with Crippen molar-refractivity contribution >= 4 is 17.6 Å². The van der Waals surface area contributed by atoms with Gasteiger partial charge in [-0.25, -0.2) is 0 Å². The second-order valence-corrected chi connectivity index (χ2v) is 4.77. The van der Waals surface area contributed by atoms with Gasteiger partial charge in [0, 0.05) is 30.9 Å². The van der Waals surface area contributed by atoms with Crippen molar-refractivity contribution in [2.45, 2.75) is 13.3 Å². The number of nitrogens with one attached hydrogen (secondary N) is 1. The van der Waals surface area contributed by atoms with Crippen molar-refractivity contribution in [3.63, 3.8) is 0 Å². The number of carbonyl (C=O) groups is 2. The van der Waals surface area contributed by atoms with E-state index >= 15 is 0 Å². The molecule has 2 rings (SSSR count). The molecule has 1 aliphatic rings. The fraction of sp³-hybridized carbons (Fsp3) is 0.333. The van der Waals surface area contributed by atoms with Gasteiger partial charge >= 0.3 is 5.97 Å². The first-order chi connectivity index (χ1) is 9.59. The van der Waals surface area contributed by atoms with E-state index in [1.54, 1.807) is 6.92 Å². The Morgan fingerprint density at radius 3 is 2.40 bits per heavy atom. The van der Waals surface area contributed by atoms with Gasteiger partial charge in [0.1, 0.15) is 0 Å². The summed E-state index contributed by atoms with van der Waals surface area (Å²) in [5.74, 6) is -1.02. The van der Waals surface area contributed by atoms with Crippen molar-refractivity contribution in [2.24, 2.45) is 0 Å². The zero-order valence-electron chi connectivity index (χ0n) is 11.4. The maximum Gasteiger partial charge on any atom is 0.305 e. The van der Waals surface area contributed by atoms with E-state index < -0.39 is 5.97 Å². The molecule has 0 bridgehead atoms. The molecule has 2 N–H and O–H groups in total. The average Bonchev–Trinajstić information content (AvgIpc) is 2.37. The van der Waals surface area contributed by atoms with Gasteiger partial charge in [0.2, 0.25) is 0 Å². The minimum Gasteiger partial charge on any atom is -0.481 e. The third kappa shape index (κ3) is 3.24. The van der Waals surface area contributed by atoms with Gasteiger partial charge in [-0.2, -0.15) is 0 Å². The summed E-state index contributed by atoms with van der Waals surface area (Å²) in [6.45, 7) is 3.45. The molecule has 0 atom stereocenters. The van der Waals surface area contributed by atoms with Gasteiger partial charge in [0.25, 0.3) is 5.91 Å². The average molecular weight is 274 g/mol. The minimum absolute atomic E-state index is 0.0680. The normalized spacial score (nSPS) is 13.6. The highest BCUT2D eigenvalue weighted by molar-refractivity contribution is 6.06. The molecule has 1 aromatic rings. The molecule has 20 heavy (non-hydrogen) atoms. The first-order valence-electron chi connectivity index (χ1n) is 6.57. The minimum atomic E-state index is -0.908. The van der Waals surface area contributed by atoms with Crippen LogP contribution in [0.25, 0.3) is 0 Å². The van der Waals surface area contributed by atoms with Crippen LogP contribution in [0.5, 0.6) is 0 Å².